The molecule has 0 fully saturated rings. The smallest absolute Gasteiger partial charge is 0.255 e. The number of aryl methyl sites for hydroxylation is 3. The highest BCUT2D eigenvalue weighted by Gasteiger charge is 2.14. The number of H-pyrrole nitrogens is 1. The van der Waals surface area contributed by atoms with Crippen molar-refractivity contribution in [2.75, 3.05) is 12.4 Å². The lowest BCUT2D eigenvalue weighted by molar-refractivity contribution is 0.415. The Labute approximate surface area is 123 Å². The molecule has 1 heterocycles. The van der Waals surface area contributed by atoms with Crippen LogP contribution in [0.3, 0.4) is 0 Å². The minimum atomic E-state index is -0.135. The Hall–Kier alpha value is -2.30. The standard InChI is InChI=1S/C16H19N3O2/c1-10-9-17-16(19-15(10)20)18-13-7-11-5-3-4-6-12(11)8-14(13)21-2/h7-9H,3-6H2,1-2H3,(H2,17,18,19,20). The van der Waals surface area contributed by atoms with Gasteiger partial charge in [-0.2, -0.15) is 0 Å². The first-order chi connectivity index (χ1) is 10.2. The fourth-order valence-electron chi connectivity index (χ4n) is 2.68. The van der Waals surface area contributed by atoms with Crippen molar-refractivity contribution in [1.29, 1.82) is 0 Å². The van der Waals surface area contributed by atoms with Gasteiger partial charge < -0.3 is 10.1 Å². The highest BCUT2D eigenvalue weighted by Crippen LogP contribution is 2.33. The molecule has 0 bridgehead atoms. The summed E-state index contributed by atoms with van der Waals surface area (Å²) in [6.45, 7) is 1.73. The first kappa shape index (κ1) is 13.7. The number of aromatic amines is 1. The van der Waals surface area contributed by atoms with Gasteiger partial charge in [-0.05, 0) is 55.9 Å². The fourth-order valence-corrected chi connectivity index (χ4v) is 2.68. The average molecular weight is 285 g/mol. The number of aromatic nitrogens is 2. The van der Waals surface area contributed by atoms with Crippen LogP contribution in [0, 0.1) is 6.92 Å². The maximum Gasteiger partial charge on any atom is 0.255 e. The number of fused-ring (bicyclic) bond motifs is 1. The van der Waals surface area contributed by atoms with Crippen molar-refractivity contribution in [3.8, 4) is 5.75 Å². The summed E-state index contributed by atoms with van der Waals surface area (Å²) in [5.41, 5.74) is 4.00. The van der Waals surface area contributed by atoms with E-state index < -0.39 is 0 Å². The predicted octanol–water partition coefficient (Wildman–Crippen LogP) is 2.71. The summed E-state index contributed by atoms with van der Waals surface area (Å²) in [5.74, 6) is 1.21. The van der Waals surface area contributed by atoms with Gasteiger partial charge in [-0.1, -0.05) is 0 Å². The molecule has 0 amide bonds. The third-order valence-electron chi connectivity index (χ3n) is 3.89. The van der Waals surface area contributed by atoms with E-state index in [0.717, 1.165) is 24.3 Å². The molecule has 21 heavy (non-hydrogen) atoms. The van der Waals surface area contributed by atoms with Crippen molar-refractivity contribution in [2.24, 2.45) is 0 Å². The van der Waals surface area contributed by atoms with Crippen molar-refractivity contribution in [2.45, 2.75) is 32.6 Å². The molecule has 0 saturated carbocycles. The molecule has 5 nitrogen and oxygen atoms in total. The summed E-state index contributed by atoms with van der Waals surface area (Å²) < 4.78 is 5.46. The highest BCUT2D eigenvalue weighted by atomic mass is 16.5. The molecule has 0 unspecified atom stereocenters. The molecular weight excluding hydrogens is 266 g/mol. The molecule has 0 saturated heterocycles. The number of benzene rings is 1. The van der Waals surface area contributed by atoms with Gasteiger partial charge in [0.25, 0.3) is 5.56 Å². The summed E-state index contributed by atoms with van der Waals surface area (Å²) >= 11 is 0. The van der Waals surface area contributed by atoms with Crippen LogP contribution in [0.4, 0.5) is 11.6 Å². The largest absolute Gasteiger partial charge is 0.495 e. The third-order valence-corrected chi connectivity index (χ3v) is 3.89. The molecule has 0 radical (unpaired) electrons. The van der Waals surface area contributed by atoms with Gasteiger partial charge in [-0.15, -0.1) is 0 Å². The van der Waals surface area contributed by atoms with Gasteiger partial charge >= 0.3 is 0 Å². The SMILES string of the molecule is COc1cc2c(cc1Nc1ncc(C)c(=O)[nH]1)CCCC2. The minimum Gasteiger partial charge on any atom is -0.495 e. The van der Waals surface area contributed by atoms with Crippen LogP contribution in [0.15, 0.2) is 23.1 Å². The molecule has 3 rings (SSSR count). The van der Waals surface area contributed by atoms with Crippen LogP contribution in [0.5, 0.6) is 5.75 Å². The molecule has 1 aliphatic carbocycles. The molecule has 1 aromatic carbocycles. The lowest BCUT2D eigenvalue weighted by Gasteiger charge is -2.19. The molecule has 2 N–H and O–H groups in total. The molecular formula is C16H19N3O2. The van der Waals surface area contributed by atoms with Crippen LogP contribution in [0.25, 0.3) is 0 Å². The lowest BCUT2D eigenvalue weighted by Crippen LogP contribution is -2.13. The van der Waals surface area contributed by atoms with Crippen LogP contribution in [0.2, 0.25) is 0 Å². The van der Waals surface area contributed by atoms with E-state index in [9.17, 15) is 4.79 Å². The van der Waals surface area contributed by atoms with E-state index in [1.54, 1.807) is 20.2 Å². The van der Waals surface area contributed by atoms with E-state index in [-0.39, 0.29) is 5.56 Å². The molecule has 0 spiro atoms. The van der Waals surface area contributed by atoms with Crippen molar-refractivity contribution in [3.05, 3.63) is 45.4 Å². The monoisotopic (exact) mass is 285 g/mol. The summed E-state index contributed by atoms with van der Waals surface area (Å²) in [6, 6.07) is 4.19. The summed E-state index contributed by atoms with van der Waals surface area (Å²) in [7, 11) is 1.65. The van der Waals surface area contributed by atoms with Crippen LogP contribution in [-0.4, -0.2) is 17.1 Å². The number of anilines is 2. The number of hydrogen-bond acceptors (Lipinski definition) is 4. The van der Waals surface area contributed by atoms with Crippen LogP contribution < -0.4 is 15.6 Å². The van der Waals surface area contributed by atoms with Gasteiger partial charge in [-0.3, -0.25) is 9.78 Å². The molecule has 0 aliphatic heterocycles. The van der Waals surface area contributed by atoms with E-state index in [4.69, 9.17) is 4.74 Å². The van der Waals surface area contributed by atoms with Gasteiger partial charge in [0.15, 0.2) is 0 Å². The average Bonchev–Trinajstić information content (AvgIpc) is 2.50. The normalized spacial score (nSPS) is 13.6. The number of ether oxygens (including phenoxy) is 1. The number of methoxy groups -OCH3 is 1. The Balaban J connectivity index is 1.97. The van der Waals surface area contributed by atoms with Gasteiger partial charge in [0.2, 0.25) is 5.95 Å². The first-order valence-corrected chi connectivity index (χ1v) is 7.20. The Morgan fingerprint density at radius 3 is 2.62 bits per heavy atom. The summed E-state index contributed by atoms with van der Waals surface area (Å²) in [4.78, 5) is 18.6. The Kier molecular flexibility index (Phi) is 3.64. The minimum absolute atomic E-state index is 0.135. The second-order valence-electron chi connectivity index (χ2n) is 5.40. The molecule has 2 aromatic rings. The van der Waals surface area contributed by atoms with Crippen molar-refractivity contribution >= 4 is 11.6 Å². The van der Waals surface area contributed by atoms with Gasteiger partial charge in [-0.25, -0.2) is 4.98 Å². The molecule has 1 aromatic heterocycles. The highest BCUT2D eigenvalue weighted by molar-refractivity contribution is 5.65. The predicted molar refractivity (Wildman–Crippen MR) is 82.5 cm³/mol. The second-order valence-corrected chi connectivity index (χ2v) is 5.40. The zero-order valence-corrected chi connectivity index (χ0v) is 12.3. The Morgan fingerprint density at radius 2 is 1.95 bits per heavy atom. The van der Waals surface area contributed by atoms with Crippen LogP contribution in [-0.2, 0) is 12.8 Å². The van der Waals surface area contributed by atoms with E-state index in [0.29, 0.717) is 11.5 Å². The molecule has 5 heteroatoms. The topological polar surface area (TPSA) is 67.0 Å². The van der Waals surface area contributed by atoms with E-state index >= 15 is 0 Å². The van der Waals surface area contributed by atoms with E-state index in [1.807, 2.05) is 0 Å². The summed E-state index contributed by atoms with van der Waals surface area (Å²) in [5, 5.41) is 3.15. The quantitative estimate of drug-likeness (QED) is 0.910. The number of rotatable bonds is 3. The molecule has 110 valence electrons. The third kappa shape index (κ3) is 2.77. The van der Waals surface area contributed by atoms with Crippen molar-refractivity contribution in [1.82, 2.24) is 9.97 Å². The van der Waals surface area contributed by atoms with Crippen LogP contribution >= 0.6 is 0 Å². The zero-order chi connectivity index (χ0) is 14.8. The second kappa shape index (κ2) is 5.60. The van der Waals surface area contributed by atoms with Crippen molar-refractivity contribution < 1.29 is 4.74 Å². The maximum absolute atomic E-state index is 11.7. The van der Waals surface area contributed by atoms with Crippen molar-refractivity contribution in [3.63, 3.8) is 0 Å². The first-order valence-electron chi connectivity index (χ1n) is 7.20. The molecule has 1 aliphatic rings. The van der Waals surface area contributed by atoms with E-state index in [2.05, 4.69) is 27.4 Å². The zero-order valence-electron chi connectivity index (χ0n) is 12.3. The fraction of sp³-hybridized carbons (Fsp3) is 0.375. The molecule has 0 atom stereocenters. The lowest BCUT2D eigenvalue weighted by atomic mass is 9.91. The Bertz CT molecular complexity index is 722. The van der Waals surface area contributed by atoms with Crippen LogP contribution in [0.1, 0.15) is 29.5 Å². The van der Waals surface area contributed by atoms with Gasteiger partial charge in [0.1, 0.15) is 5.75 Å². The Morgan fingerprint density at radius 1 is 1.24 bits per heavy atom. The van der Waals surface area contributed by atoms with Gasteiger partial charge in [0, 0.05) is 11.8 Å². The van der Waals surface area contributed by atoms with Gasteiger partial charge in [0.05, 0.1) is 12.8 Å². The number of nitrogens with one attached hydrogen (secondary N) is 2. The maximum atomic E-state index is 11.7. The summed E-state index contributed by atoms with van der Waals surface area (Å²) in [6.07, 6.45) is 6.21. The number of nitrogens with zero attached hydrogens (tertiary/aromatic N) is 1. The van der Waals surface area contributed by atoms with E-state index in [1.165, 1.54) is 24.0 Å². The number of hydrogen-bond donors (Lipinski definition) is 2.